The van der Waals surface area contributed by atoms with Gasteiger partial charge in [0.25, 0.3) is 0 Å². The molecule has 8 nitrogen and oxygen atoms in total. The molecule has 0 bridgehead atoms. The Morgan fingerprint density at radius 2 is 1.95 bits per heavy atom. The van der Waals surface area contributed by atoms with Gasteiger partial charge in [0.05, 0.1) is 25.3 Å². The SMILES string of the molecule is CC(C)(C)C[C@@H]1N[C@@H](C(=O)Nc2ccn(C[C@@H]3COC(C)(C)O3)n2)[C@H](c2cccc(Cl)c2)[C@@]1(C#N)c1ccc(Cl)cc1F. The summed E-state index contributed by atoms with van der Waals surface area (Å²) in [5.74, 6) is -2.12. The van der Waals surface area contributed by atoms with E-state index in [1.807, 2.05) is 40.7 Å². The summed E-state index contributed by atoms with van der Waals surface area (Å²) in [6.07, 6.45) is 2.06. The number of amides is 1. The zero-order chi connectivity index (χ0) is 31.2. The predicted octanol–water partition coefficient (Wildman–Crippen LogP) is 6.44. The number of aromatic nitrogens is 2. The lowest BCUT2D eigenvalue weighted by atomic mass is 9.62. The molecule has 2 N–H and O–H groups in total. The van der Waals surface area contributed by atoms with Gasteiger partial charge in [-0.25, -0.2) is 4.39 Å². The second kappa shape index (κ2) is 11.8. The molecule has 11 heteroatoms. The van der Waals surface area contributed by atoms with Crippen LogP contribution in [0.4, 0.5) is 10.2 Å². The molecular formula is C32H36Cl2FN5O3. The molecule has 5 rings (SSSR count). The Morgan fingerprint density at radius 1 is 1.21 bits per heavy atom. The van der Waals surface area contributed by atoms with E-state index in [9.17, 15) is 10.1 Å². The summed E-state index contributed by atoms with van der Waals surface area (Å²) < 4.78 is 29.0. The molecule has 3 heterocycles. The lowest BCUT2D eigenvalue weighted by molar-refractivity contribution is -0.139. The van der Waals surface area contributed by atoms with Gasteiger partial charge in [-0.15, -0.1) is 0 Å². The average molecular weight is 629 g/mol. The summed E-state index contributed by atoms with van der Waals surface area (Å²) in [6, 6.07) is 14.0. The van der Waals surface area contributed by atoms with Crippen LogP contribution in [0, 0.1) is 22.6 Å². The van der Waals surface area contributed by atoms with E-state index < -0.39 is 40.9 Å². The molecule has 0 unspecified atom stereocenters. The third-order valence-electron chi connectivity index (χ3n) is 7.97. The zero-order valence-corrected chi connectivity index (χ0v) is 26.3. The van der Waals surface area contributed by atoms with E-state index in [4.69, 9.17) is 32.7 Å². The summed E-state index contributed by atoms with van der Waals surface area (Å²) in [5.41, 5.74) is -0.918. The number of benzene rings is 2. The molecule has 2 aliphatic heterocycles. The fourth-order valence-corrected chi connectivity index (χ4v) is 6.68. The van der Waals surface area contributed by atoms with E-state index in [1.54, 1.807) is 47.3 Å². The number of carbonyl (C=O) groups excluding carboxylic acids is 1. The molecule has 2 fully saturated rings. The van der Waals surface area contributed by atoms with Crippen molar-refractivity contribution in [2.75, 3.05) is 11.9 Å². The Hall–Kier alpha value is -3.00. The second-order valence-corrected chi connectivity index (χ2v) is 13.8. The van der Waals surface area contributed by atoms with Gasteiger partial charge in [0.1, 0.15) is 17.3 Å². The van der Waals surface area contributed by atoms with Gasteiger partial charge in [-0.1, -0.05) is 62.2 Å². The van der Waals surface area contributed by atoms with Gasteiger partial charge in [0.15, 0.2) is 11.6 Å². The highest BCUT2D eigenvalue weighted by Crippen LogP contribution is 2.52. The molecule has 0 radical (unpaired) electrons. The van der Waals surface area contributed by atoms with Gasteiger partial charge < -0.3 is 20.1 Å². The Bertz CT molecular complexity index is 1550. The number of hydrogen-bond acceptors (Lipinski definition) is 6. The minimum atomic E-state index is -1.47. The molecule has 2 saturated heterocycles. The summed E-state index contributed by atoms with van der Waals surface area (Å²) >= 11 is 12.5. The van der Waals surface area contributed by atoms with Crippen molar-refractivity contribution in [1.29, 1.82) is 5.26 Å². The fraction of sp³-hybridized carbons (Fsp3) is 0.469. The highest BCUT2D eigenvalue weighted by molar-refractivity contribution is 6.30. The number of ether oxygens (including phenoxy) is 2. The number of nitrogens with zero attached hydrogens (tertiary/aromatic N) is 3. The van der Waals surface area contributed by atoms with Crippen LogP contribution in [0.3, 0.4) is 0 Å². The van der Waals surface area contributed by atoms with E-state index in [2.05, 4.69) is 21.8 Å². The van der Waals surface area contributed by atoms with Gasteiger partial charge in [-0.2, -0.15) is 10.4 Å². The van der Waals surface area contributed by atoms with Crippen molar-refractivity contribution in [1.82, 2.24) is 15.1 Å². The Morgan fingerprint density at radius 3 is 2.58 bits per heavy atom. The molecule has 0 spiro atoms. The van der Waals surface area contributed by atoms with E-state index in [1.165, 1.54) is 6.07 Å². The lowest BCUT2D eigenvalue weighted by Gasteiger charge is -2.37. The number of halogens is 3. The maximum Gasteiger partial charge on any atom is 0.243 e. The molecule has 3 aromatic rings. The lowest BCUT2D eigenvalue weighted by Crippen LogP contribution is -2.44. The van der Waals surface area contributed by atoms with Crippen LogP contribution in [0.15, 0.2) is 54.7 Å². The molecule has 43 heavy (non-hydrogen) atoms. The molecular weight excluding hydrogens is 592 g/mol. The quantitative estimate of drug-likeness (QED) is 0.312. The Kier molecular flexibility index (Phi) is 8.64. The summed E-state index contributed by atoms with van der Waals surface area (Å²) in [6.45, 7) is 10.7. The Balaban J connectivity index is 1.53. The highest BCUT2D eigenvalue weighted by atomic mass is 35.5. The van der Waals surface area contributed by atoms with Crippen molar-refractivity contribution >= 4 is 34.9 Å². The molecule has 2 aliphatic rings. The fourth-order valence-electron chi connectivity index (χ4n) is 6.32. The first-order valence-electron chi connectivity index (χ1n) is 14.3. The van der Waals surface area contributed by atoms with Crippen molar-refractivity contribution < 1.29 is 18.7 Å². The first-order valence-corrected chi connectivity index (χ1v) is 15.0. The molecule has 1 amide bonds. The van der Waals surface area contributed by atoms with Crippen LogP contribution in [0.1, 0.15) is 58.1 Å². The molecule has 228 valence electrons. The van der Waals surface area contributed by atoms with Crippen LogP contribution < -0.4 is 10.6 Å². The normalized spacial score (nSPS) is 26.8. The van der Waals surface area contributed by atoms with E-state index in [0.717, 1.165) is 0 Å². The van der Waals surface area contributed by atoms with Gasteiger partial charge >= 0.3 is 0 Å². The maximum absolute atomic E-state index is 15.8. The summed E-state index contributed by atoms with van der Waals surface area (Å²) in [5, 5.41) is 22.6. The van der Waals surface area contributed by atoms with Gasteiger partial charge in [0.2, 0.25) is 5.91 Å². The van der Waals surface area contributed by atoms with Crippen molar-refractivity contribution in [3.8, 4) is 6.07 Å². The van der Waals surface area contributed by atoms with Crippen molar-refractivity contribution in [2.24, 2.45) is 5.41 Å². The van der Waals surface area contributed by atoms with Crippen LogP contribution >= 0.6 is 23.2 Å². The standard InChI is InChI=1S/C32H36Cl2FN5O3/c1-30(2,3)15-25-32(18-36,23-10-9-21(34)14-24(23)35)27(19-7-6-8-20(33)13-19)28(37-25)29(41)38-26-11-12-40(39-26)16-22-17-42-31(4,5)43-22/h6-14,22,25,27-28,37H,15-17H2,1-5H3,(H,38,39,41)/t22-,25+,27+,28-,32+/m1/s1. The zero-order valence-electron chi connectivity index (χ0n) is 24.8. The van der Waals surface area contributed by atoms with Crippen molar-refractivity contribution in [3.05, 3.63) is 81.7 Å². The number of hydrogen-bond donors (Lipinski definition) is 2. The van der Waals surface area contributed by atoms with E-state index in [-0.39, 0.29) is 22.1 Å². The Labute approximate surface area is 261 Å². The number of rotatable bonds is 7. The highest BCUT2D eigenvalue weighted by Gasteiger charge is 2.60. The summed E-state index contributed by atoms with van der Waals surface area (Å²) in [4.78, 5) is 14.1. The van der Waals surface area contributed by atoms with Gasteiger partial charge in [0, 0.05) is 39.8 Å². The maximum atomic E-state index is 15.8. The van der Waals surface area contributed by atoms with Crippen LogP contribution in [0.2, 0.25) is 10.0 Å². The molecule has 1 aromatic heterocycles. The van der Waals surface area contributed by atoms with E-state index in [0.29, 0.717) is 36.0 Å². The topological polar surface area (TPSA) is 101 Å². The molecule has 2 aromatic carbocycles. The number of carbonyl (C=O) groups is 1. The first kappa shape index (κ1) is 31.4. The van der Waals surface area contributed by atoms with Crippen LogP contribution in [-0.4, -0.2) is 46.3 Å². The van der Waals surface area contributed by atoms with Crippen molar-refractivity contribution in [2.45, 2.75) is 82.9 Å². The number of nitriles is 1. The van der Waals surface area contributed by atoms with Crippen LogP contribution in [0.25, 0.3) is 0 Å². The minimum absolute atomic E-state index is 0.174. The first-order chi connectivity index (χ1) is 20.2. The smallest absolute Gasteiger partial charge is 0.243 e. The second-order valence-electron chi connectivity index (χ2n) is 13.0. The number of nitrogens with one attached hydrogen (secondary N) is 2. The average Bonchev–Trinajstić information content (AvgIpc) is 3.58. The van der Waals surface area contributed by atoms with E-state index >= 15 is 4.39 Å². The third kappa shape index (κ3) is 6.59. The van der Waals surface area contributed by atoms with Gasteiger partial charge in [-0.3, -0.25) is 9.48 Å². The molecule has 5 atom stereocenters. The largest absolute Gasteiger partial charge is 0.348 e. The molecule has 0 saturated carbocycles. The number of anilines is 1. The van der Waals surface area contributed by atoms with Gasteiger partial charge in [-0.05, 0) is 55.5 Å². The predicted molar refractivity (Wildman–Crippen MR) is 163 cm³/mol. The summed E-state index contributed by atoms with van der Waals surface area (Å²) in [7, 11) is 0. The monoisotopic (exact) mass is 627 g/mol. The van der Waals surface area contributed by atoms with Crippen molar-refractivity contribution in [3.63, 3.8) is 0 Å². The molecule has 0 aliphatic carbocycles. The van der Waals surface area contributed by atoms with Crippen LogP contribution in [-0.2, 0) is 26.2 Å². The minimum Gasteiger partial charge on any atom is -0.348 e. The third-order valence-corrected chi connectivity index (χ3v) is 8.44. The van der Waals surface area contributed by atoms with Crippen LogP contribution in [0.5, 0.6) is 0 Å².